The maximum absolute atomic E-state index is 5.54. The Labute approximate surface area is 99.9 Å². The van der Waals surface area contributed by atoms with Crippen molar-refractivity contribution in [3.8, 4) is 0 Å². The second-order valence-corrected chi connectivity index (χ2v) is 3.91. The molecule has 90 valence electrons. The van der Waals surface area contributed by atoms with Crippen LogP contribution in [-0.2, 0) is 13.5 Å². The molecule has 0 aromatic carbocycles. The zero-order chi connectivity index (χ0) is 12.1. The van der Waals surface area contributed by atoms with Gasteiger partial charge in [-0.25, -0.2) is 0 Å². The molecule has 0 fully saturated rings. The first kappa shape index (κ1) is 11.7. The van der Waals surface area contributed by atoms with Crippen molar-refractivity contribution < 1.29 is 0 Å². The first-order chi connectivity index (χ1) is 8.29. The van der Waals surface area contributed by atoms with Crippen LogP contribution in [-0.4, -0.2) is 19.7 Å². The second-order valence-electron chi connectivity index (χ2n) is 3.91. The fourth-order valence-corrected chi connectivity index (χ4v) is 1.72. The van der Waals surface area contributed by atoms with E-state index in [1.54, 1.807) is 23.3 Å². The third-order valence-corrected chi connectivity index (χ3v) is 2.62. The topological polar surface area (TPSA) is 81.7 Å². The molecule has 0 aliphatic carbocycles. The van der Waals surface area contributed by atoms with Crippen LogP contribution in [0.15, 0.2) is 31.0 Å². The highest BCUT2D eigenvalue weighted by Gasteiger charge is 2.11. The molecule has 2 heterocycles. The number of hydrazine groups is 1. The smallest absolute Gasteiger partial charge is 0.0769 e. The van der Waals surface area contributed by atoms with Gasteiger partial charge >= 0.3 is 0 Å². The summed E-state index contributed by atoms with van der Waals surface area (Å²) in [4.78, 5) is 8.28. The van der Waals surface area contributed by atoms with Crippen molar-refractivity contribution in [2.24, 2.45) is 12.9 Å². The van der Waals surface area contributed by atoms with Crippen LogP contribution in [0.3, 0.4) is 0 Å². The minimum Gasteiger partial charge on any atom is -0.276 e. The fraction of sp³-hybridized carbons (Fsp3) is 0.364. The molecule has 0 amide bonds. The average Bonchev–Trinajstić information content (AvgIpc) is 2.77. The van der Waals surface area contributed by atoms with Crippen LogP contribution < -0.4 is 11.3 Å². The number of rotatable bonds is 5. The molecule has 0 spiro atoms. The summed E-state index contributed by atoms with van der Waals surface area (Å²) in [5.74, 6) is 5.54. The maximum atomic E-state index is 5.54. The SMILES string of the molecule is Cn1cc(CCC(NN)c2cnccn2)cn1. The Bertz CT molecular complexity index is 452. The summed E-state index contributed by atoms with van der Waals surface area (Å²) in [5.41, 5.74) is 4.82. The largest absolute Gasteiger partial charge is 0.276 e. The highest BCUT2D eigenvalue weighted by atomic mass is 15.2. The molecule has 3 N–H and O–H groups in total. The highest BCUT2D eigenvalue weighted by molar-refractivity contribution is 5.07. The fourth-order valence-electron chi connectivity index (χ4n) is 1.72. The van der Waals surface area contributed by atoms with E-state index in [1.807, 2.05) is 19.4 Å². The minimum absolute atomic E-state index is 0.0175. The quantitative estimate of drug-likeness (QED) is 0.574. The summed E-state index contributed by atoms with van der Waals surface area (Å²) in [5, 5.41) is 4.13. The van der Waals surface area contributed by atoms with Gasteiger partial charge in [-0.1, -0.05) is 0 Å². The molecule has 17 heavy (non-hydrogen) atoms. The van der Waals surface area contributed by atoms with Crippen molar-refractivity contribution in [1.82, 2.24) is 25.2 Å². The van der Waals surface area contributed by atoms with E-state index in [1.165, 1.54) is 5.56 Å². The molecular formula is C11H16N6. The number of nitrogens with zero attached hydrogens (tertiary/aromatic N) is 4. The molecule has 1 atom stereocenters. The lowest BCUT2D eigenvalue weighted by molar-refractivity contribution is 0.502. The van der Waals surface area contributed by atoms with Gasteiger partial charge in [0.2, 0.25) is 0 Å². The Morgan fingerprint density at radius 3 is 2.88 bits per heavy atom. The third kappa shape index (κ3) is 3.08. The molecule has 6 heteroatoms. The van der Waals surface area contributed by atoms with Crippen molar-refractivity contribution >= 4 is 0 Å². The lowest BCUT2D eigenvalue weighted by atomic mass is 10.1. The summed E-state index contributed by atoms with van der Waals surface area (Å²) in [6.07, 6.45) is 10.7. The summed E-state index contributed by atoms with van der Waals surface area (Å²) < 4.78 is 1.79. The van der Waals surface area contributed by atoms with Gasteiger partial charge in [0.25, 0.3) is 0 Å². The van der Waals surface area contributed by atoms with Gasteiger partial charge in [-0.15, -0.1) is 0 Å². The Balaban J connectivity index is 1.97. The molecule has 0 saturated carbocycles. The molecule has 2 aromatic heterocycles. The first-order valence-electron chi connectivity index (χ1n) is 5.49. The van der Waals surface area contributed by atoms with Gasteiger partial charge in [0, 0.05) is 25.6 Å². The van der Waals surface area contributed by atoms with Gasteiger partial charge in [0.05, 0.1) is 24.1 Å². The normalized spacial score (nSPS) is 12.6. The summed E-state index contributed by atoms with van der Waals surface area (Å²) >= 11 is 0. The highest BCUT2D eigenvalue weighted by Crippen LogP contribution is 2.15. The zero-order valence-electron chi connectivity index (χ0n) is 9.74. The molecule has 6 nitrogen and oxygen atoms in total. The number of nitrogens with two attached hydrogens (primary N) is 1. The maximum Gasteiger partial charge on any atom is 0.0769 e. The number of hydrogen-bond donors (Lipinski definition) is 2. The van der Waals surface area contributed by atoms with Crippen molar-refractivity contribution in [3.63, 3.8) is 0 Å². The van der Waals surface area contributed by atoms with E-state index in [-0.39, 0.29) is 6.04 Å². The van der Waals surface area contributed by atoms with E-state index >= 15 is 0 Å². The van der Waals surface area contributed by atoms with Crippen molar-refractivity contribution in [2.45, 2.75) is 18.9 Å². The molecule has 0 saturated heterocycles. The Hall–Kier alpha value is -1.79. The Morgan fingerprint density at radius 1 is 1.41 bits per heavy atom. The summed E-state index contributed by atoms with van der Waals surface area (Å²) in [6, 6.07) is 0.0175. The molecule has 0 aliphatic rings. The van der Waals surface area contributed by atoms with Crippen molar-refractivity contribution in [1.29, 1.82) is 0 Å². The van der Waals surface area contributed by atoms with Gasteiger partial charge in [-0.2, -0.15) is 5.10 Å². The van der Waals surface area contributed by atoms with Gasteiger partial charge in [0.15, 0.2) is 0 Å². The summed E-state index contributed by atoms with van der Waals surface area (Å²) in [7, 11) is 1.91. The van der Waals surface area contributed by atoms with Crippen LogP contribution >= 0.6 is 0 Å². The average molecular weight is 232 g/mol. The zero-order valence-corrected chi connectivity index (χ0v) is 9.74. The van der Waals surface area contributed by atoms with Crippen molar-refractivity contribution in [3.05, 3.63) is 42.2 Å². The lowest BCUT2D eigenvalue weighted by Crippen LogP contribution is -2.29. The third-order valence-electron chi connectivity index (χ3n) is 2.62. The van der Waals surface area contributed by atoms with Gasteiger partial charge in [0.1, 0.15) is 0 Å². The number of hydrogen-bond acceptors (Lipinski definition) is 5. The van der Waals surface area contributed by atoms with Crippen LogP contribution in [0.2, 0.25) is 0 Å². The standard InChI is InChI=1S/C11H16N6/c1-17-8-9(6-15-17)2-3-10(16-12)11-7-13-4-5-14-11/h4-8,10,16H,2-3,12H2,1H3. The van der Waals surface area contributed by atoms with E-state index in [0.717, 1.165) is 18.5 Å². The van der Waals surface area contributed by atoms with Crippen LogP contribution in [0.5, 0.6) is 0 Å². The Morgan fingerprint density at radius 2 is 2.29 bits per heavy atom. The monoisotopic (exact) mass is 232 g/mol. The molecule has 2 rings (SSSR count). The molecule has 1 unspecified atom stereocenters. The van der Waals surface area contributed by atoms with Crippen LogP contribution in [0.1, 0.15) is 23.7 Å². The van der Waals surface area contributed by atoms with E-state index in [2.05, 4.69) is 20.5 Å². The lowest BCUT2D eigenvalue weighted by Gasteiger charge is -2.13. The van der Waals surface area contributed by atoms with E-state index in [0.29, 0.717) is 0 Å². The molecule has 0 bridgehead atoms. The molecular weight excluding hydrogens is 216 g/mol. The molecule has 0 aliphatic heterocycles. The first-order valence-corrected chi connectivity index (χ1v) is 5.49. The Kier molecular flexibility index (Phi) is 3.79. The number of nitrogens with one attached hydrogen (secondary N) is 1. The van der Waals surface area contributed by atoms with E-state index in [4.69, 9.17) is 5.84 Å². The predicted molar refractivity (Wildman–Crippen MR) is 63.6 cm³/mol. The van der Waals surface area contributed by atoms with Crippen LogP contribution in [0.4, 0.5) is 0 Å². The number of aromatic nitrogens is 4. The minimum atomic E-state index is 0.0175. The van der Waals surface area contributed by atoms with Crippen LogP contribution in [0.25, 0.3) is 0 Å². The molecule has 2 aromatic rings. The van der Waals surface area contributed by atoms with Crippen LogP contribution in [0, 0.1) is 0 Å². The van der Waals surface area contributed by atoms with Gasteiger partial charge in [-0.05, 0) is 18.4 Å². The summed E-state index contributed by atoms with van der Waals surface area (Å²) in [6.45, 7) is 0. The molecule has 0 radical (unpaired) electrons. The number of aryl methyl sites for hydroxylation is 2. The predicted octanol–water partition coefficient (Wildman–Crippen LogP) is 0.347. The second kappa shape index (κ2) is 5.51. The van der Waals surface area contributed by atoms with Crippen molar-refractivity contribution in [2.75, 3.05) is 0 Å². The van der Waals surface area contributed by atoms with Gasteiger partial charge < -0.3 is 0 Å². The van der Waals surface area contributed by atoms with Gasteiger partial charge in [-0.3, -0.25) is 25.9 Å². The van der Waals surface area contributed by atoms with E-state index < -0.39 is 0 Å². The van der Waals surface area contributed by atoms with E-state index in [9.17, 15) is 0 Å².